The van der Waals surface area contributed by atoms with Gasteiger partial charge in [-0.05, 0) is 18.6 Å². The Bertz CT molecular complexity index is 535. The van der Waals surface area contributed by atoms with Crippen LogP contribution in [0, 0.1) is 5.82 Å². The number of rotatable bonds is 7. The van der Waals surface area contributed by atoms with Gasteiger partial charge in [-0.25, -0.2) is 17.5 Å². The second-order valence-corrected chi connectivity index (χ2v) is 6.41. The number of hydrogen-bond donors (Lipinski definition) is 2. The minimum absolute atomic E-state index is 0.173. The third kappa shape index (κ3) is 4.63. The number of hydrogen-bond acceptors (Lipinski definition) is 3. The maximum atomic E-state index is 13.1. The van der Waals surface area contributed by atoms with E-state index in [9.17, 15) is 12.8 Å². The van der Waals surface area contributed by atoms with Crippen LogP contribution in [0.1, 0.15) is 32.6 Å². The van der Waals surface area contributed by atoms with Gasteiger partial charge in [0.2, 0.25) is 10.0 Å². The minimum atomic E-state index is -3.75. The standard InChI is InChI=1S/C12H18ClFN2O2S/c1-2-3-4-5-6-16-19(17,18)12-8-11(15)10(14)7-9(12)13/h7-8,16H,2-6,15H2,1H3. The van der Waals surface area contributed by atoms with Crippen molar-refractivity contribution in [2.45, 2.75) is 37.5 Å². The number of unbranched alkanes of at least 4 members (excludes halogenated alkanes) is 3. The van der Waals surface area contributed by atoms with E-state index in [0.717, 1.165) is 37.8 Å². The van der Waals surface area contributed by atoms with Gasteiger partial charge in [-0.3, -0.25) is 0 Å². The van der Waals surface area contributed by atoms with Crippen molar-refractivity contribution < 1.29 is 12.8 Å². The van der Waals surface area contributed by atoms with E-state index in [0.29, 0.717) is 6.54 Å². The molecule has 19 heavy (non-hydrogen) atoms. The molecular formula is C12H18ClFN2O2S. The Morgan fingerprint density at radius 3 is 2.63 bits per heavy atom. The lowest BCUT2D eigenvalue weighted by Crippen LogP contribution is -2.25. The zero-order chi connectivity index (χ0) is 14.5. The van der Waals surface area contributed by atoms with Crippen LogP contribution in [0.15, 0.2) is 17.0 Å². The van der Waals surface area contributed by atoms with Crippen LogP contribution in [0.25, 0.3) is 0 Å². The molecule has 0 amide bonds. The number of anilines is 1. The van der Waals surface area contributed by atoms with Gasteiger partial charge in [0.15, 0.2) is 0 Å². The Morgan fingerprint density at radius 1 is 1.32 bits per heavy atom. The van der Waals surface area contributed by atoms with Crippen LogP contribution in [-0.4, -0.2) is 15.0 Å². The van der Waals surface area contributed by atoms with Crippen LogP contribution >= 0.6 is 11.6 Å². The topological polar surface area (TPSA) is 72.2 Å². The zero-order valence-corrected chi connectivity index (χ0v) is 12.3. The van der Waals surface area contributed by atoms with Crippen LogP contribution < -0.4 is 10.5 Å². The fraction of sp³-hybridized carbons (Fsp3) is 0.500. The van der Waals surface area contributed by atoms with Crippen molar-refractivity contribution in [2.24, 2.45) is 0 Å². The third-order valence-corrected chi connectivity index (χ3v) is 4.59. The Morgan fingerprint density at radius 2 is 2.00 bits per heavy atom. The minimum Gasteiger partial charge on any atom is -0.396 e. The quantitative estimate of drug-likeness (QED) is 0.601. The zero-order valence-electron chi connectivity index (χ0n) is 10.7. The summed E-state index contributed by atoms with van der Waals surface area (Å²) in [6.45, 7) is 2.40. The van der Waals surface area contributed by atoms with Gasteiger partial charge >= 0.3 is 0 Å². The number of nitrogens with two attached hydrogens (primary N) is 1. The number of sulfonamides is 1. The van der Waals surface area contributed by atoms with Crippen molar-refractivity contribution in [3.8, 4) is 0 Å². The van der Waals surface area contributed by atoms with Gasteiger partial charge in [-0.2, -0.15) is 0 Å². The number of nitrogens with one attached hydrogen (secondary N) is 1. The smallest absolute Gasteiger partial charge is 0.242 e. The first kappa shape index (κ1) is 16.2. The van der Waals surface area contributed by atoms with Crippen LogP contribution in [0.4, 0.5) is 10.1 Å². The first-order chi connectivity index (χ1) is 8.88. The van der Waals surface area contributed by atoms with Crippen LogP contribution in [-0.2, 0) is 10.0 Å². The second kappa shape index (κ2) is 7.07. The van der Waals surface area contributed by atoms with Gasteiger partial charge in [-0.15, -0.1) is 0 Å². The predicted octanol–water partition coefficient (Wildman–Crippen LogP) is 2.92. The molecule has 0 saturated carbocycles. The van der Waals surface area contributed by atoms with E-state index in [1.165, 1.54) is 0 Å². The van der Waals surface area contributed by atoms with Crippen LogP contribution in [0.5, 0.6) is 0 Å². The van der Waals surface area contributed by atoms with Crippen LogP contribution in [0.3, 0.4) is 0 Å². The van der Waals surface area contributed by atoms with E-state index in [1.807, 2.05) is 0 Å². The van der Waals surface area contributed by atoms with E-state index in [2.05, 4.69) is 11.6 Å². The summed E-state index contributed by atoms with van der Waals surface area (Å²) in [5.41, 5.74) is 5.11. The summed E-state index contributed by atoms with van der Waals surface area (Å²) in [7, 11) is -3.75. The molecule has 3 N–H and O–H groups in total. The summed E-state index contributed by atoms with van der Waals surface area (Å²) >= 11 is 5.73. The molecular weight excluding hydrogens is 291 g/mol. The highest BCUT2D eigenvalue weighted by molar-refractivity contribution is 7.89. The number of benzene rings is 1. The van der Waals surface area contributed by atoms with Gasteiger partial charge in [0.25, 0.3) is 0 Å². The predicted molar refractivity (Wildman–Crippen MR) is 75.2 cm³/mol. The average molecular weight is 309 g/mol. The molecule has 1 aromatic rings. The summed E-state index contributed by atoms with van der Waals surface area (Å²) in [4.78, 5) is -0.191. The molecule has 7 heteroatoms. The molecule has 0 aliphatic carbocycles. The molecule has 0 atom stereocenters. The van der Waals surface area contributed by atoms with Gasteiger partial charge < -0.3 is 5.73 Å². The molecule has 0 spiro atoms. The second-order valence-electron chi connectivity index (χ2n) is 4.26. The van der Waals surface area contributed by atoms with Crippen molar-refractivity contribution >= 4 is 27.3 Å². The SMILES string of the molecule is CCCCCCNS(=O)(=O)c1cc(N)c(F)cc1Cl. The molecule has 0 heterocycles. The fourth-order valence-corrected chi connectivity index (χ4v) is 3.21. The monoisotopic (exact) mass is 308 g/mol. The molecule has 4 nitrogen and oxygen atoms in total. The molecule has 0 aliphatic heterocycles. The normalized spacial score (nSPS) is 11.7. The summed E-state index contributed by atoms with van der Waals surface area (Å²) < 4.78 is 39.5. The molecule has 1 aromatic carbocycles. The summed E-state index contributed by atoms with van der Waals surface area (Å²) in [6, 6.07) is 1.94. The molecule has 0 saturated heterocycles. The summed E-state index contributed by atoms with van der Waals surface area (Å²) in [5, 5.41) is -0.173. The summed E-state index contributed by atoms with van der Waals surface area (Å²) in [6.07, 6.45) is 3.85. The van der Waals surface area contributed by atoms with Crippen molar-refractivity contribution in [1.29, 1.82) is 0 Å². The number of halogens is 2. The van der Waals surface area contributed by atoms with E-state index in [1.54, 1.807) is 0 Å². The first-order valence-corrected chi connectivity index (χ1v) is 7.98. The highest BCUT2D eigenvalue weighted by atomic mass is 35.5. The van der Waals surface area contributed by atoms with E-state index >= 15 is 0 Å². The molecule has 0 aromatic heterocycles. The van der Waals surface area contributed by atoms with E-state index < -0.39 is 15.8 Å². The van der Waals surface area contributed by atoms with Crippen molar-refractivity contribution in [2.75, 3.05) is 12.3 Å². The lowest BCUT2D eigenvalue weighted by atomic mass is 10.2. The van der Waals surface area contributed by atoms with Gasteiger partial charge in [-0.1, -0.05) is 37.8 Å². The Balaban J connectivity index is 2.75. The molecule has 0 fully saturated rings. The molecule has 0 unspecified atom stereocenters. The average Bonchev–Trinajstić information content (AvgIpc) is 2.33. The van der Waals surface area contributed by atoms with E-state index in [4.69, 9.17) is 17.3 Å². The first-order valence-electron chi connectivity index (χ1n) is 6.12. The Labute approximate surface area is 118 Å². The van der Waals surface area contributed by atoms with Gasteiger partial charge in [0.1, 0.15) is 10.7 Å². The van der Waals surface area contributed by atoms with Gasteiger partial charge in [0, 0.05) is 6.54 Å². The van der Waals surface area contributed by atoms with Crippen LogP contribution in [0.2, 0.25) is 5.02 Å². The molecule has 0 aliphatic rings. The summed E-state index contributed by atoms with van der Waals surface area (Å²) in [5.74, 6) is -0.730. The molecule has 108 valence electrons. The molecule has 0 radical (unpaired) electrons. The largest absolute Gasteiger partial charge is 0.396 e. The van der Waals surface area contributed by atoms with E-state index in [-0.39, 0.29) is 15.6 Å². The Kier molecular flexibility index (Phi) is 6.03. The fourth-order valence-electron chi connectivity index (χ4n) is 1.59. The molecule has 0 bridgehead atoms. The lowest BCUT2D eigenvalue weighted by molar-refractivity contribution is 0.573. The maximum Gasteiger partial charge on any atom is 0.242 e. The van der Waals surface area contributed by atoms with Crippen molar-refractivity contribution in [1.82, 2.24) is 4.72 Å². The third-order valence-electron chi connectivity index (χ3n) is 2.66. The van der Waals surface area contributed by atoms with Gasteiger partial charge in [0.05, 0.1) is 10.7 Å². The Hall–Kier alpha value is -0.850. The highest BCUT2D eigenvalue weighted by Gasteiger charge is 2.19. The van der Waals surface area contributed by atoms with Crippen molar-refractivity contribution in [3.63, 3.8) is 0 Å². The molecule has 1 rings (SSSR count). The maximum absolute atomic E-state index is 13.1. The lowest BCUT2D eigenvalue weighted by Gasteiger charge is -2.09. The highest BCUT2D eigenvalue weighted by Crippen LogP contribution is 2.26. The number of nitrogen functional groups attached to an aromatic ring is 1. The van der Waals surface area contributed by atoms with Crippen molar-refractivity contribution in [3.05, 3.63) is 23.0 Å².